The van der Waals surface area contributed by atoms with Crippen molar-refractivity contribution >= 4 is 33.2 Å². The number of rotatable bonds is 4. The maximum absolute atomic E-state index is 6.09. The molecule has 0 aliphatic carbocycles. The molecule has 2 rings (SSSR count). The van der Waals surface area contributed by atoms with Crippen molar-refractivity contribution in [1.29, 1.82) is 0 Å². The van der Waals surface area contributed by atoms with Gasteiger partial charge in [-0.3, -0.25) is 0 Å². The van der Waals surface area contributed by atoms with Crippen LogP contribution in [-0.2, 0) is 0 Å². The number of hydrogen-bond donors (Lipinski definition) is 1. The van der Waals surface area contributed by atoms with Crippen LogP contribution < -0.4 is 10.1 Å². The Kier molecular flexibility index (Phi) is 4.72. The number of para-hydroxylation sites is 1. The summed E-state index contributed by atoms with van der Waals surface area (Å²) in [5.74, 6) is 0.880. The van der Waals surface area contributed by atoms with Gasteiger partial charge in [0.2, 0.25) is 0 Å². The van der Waals surface area contributed by atoms with E-state index < -0.39 is 0 Å². The predicted molar refractivity (Wildman–Crippen MR) is 84.2 cm³/mol. The largest absolute Gasteiger partial charge is 0.496 e. The number of halogens is 2. The minimum atomic E-state index is 0.133. The Labute approximate surface area is 126 Å². The highest BCUT2D eigenvalue weighted by molar-refractivity contribution is 9.10. The Bertz CT molecular complexity index is 574. The van der Waals surface area contributed by atoms with Gasteiger partial charge in [-0.2, -0.15) is 0 Å². The van der Waals surface area contributed by atoms with Crippen LogP contribution in [0.4, 0.5) is 5.69 Å². The van der Waals surface area contributed by atoms with Crippen LogP contribution in [0.25, 0.3) is 0 Å². The second-order valence-corrected chi connectivity index (χ2v) is 5.50. The molecule has 1 atom stereocenters. The van der Waals surface area contributed by atoms with Gasteiger partial charge in [-0.1, -0.05) is 29.8 Å². The zero-order chi connectivity index (χ0) is 13.8. The lowest BCUT2D eigenvalue weighted by Gasteiger charge is -2.18. The normalized spacial score (nSPS) is 12.0. The van der Waals surface area contributed by atoms with Crippen molar-refractivity contribution in [3.8, 4) is 5.75 Å². The molecule has 100 valence electrons. The molecule has 1 N–H and O–H groups in total. The Morgan fingerprint density at radius 2 is 1.95 bits per heavy atom. The molecule has 0 fully saturated rings. The van der Waals surface area contributed by atoms with Crippen LogP contribution in [0.3, 0.4) is 0 Å². The molecule has 2 aromatic rings. The molecule has 0 aliphatic heterocycles. The number of benzene rings is 2. The molecular formula is C15H15BrClNO. The van der Waals surface area contributed by atoms with E-state index in [1.54, 1.807) is 7.11 Å². The third kappa shape index (κ3) is 3.43. The van der Waals surface area contributed by atoms with E-state index in [4.69, 9.17) is 16.3 Å². The van der Waals surface area contributed by atoms with Gasteiger partial charge in [0.05, 0.1) is 18.2 Å². The summed E-state index contributed by atoms with van der Waals surface area (Å²) in [6.45, 7) is 2.09. The van der Waals surface area contributed by atoms with Crippen molar-refractivity contribution in [2.24, 2.45) is 0 Å². The number of anilines is 1. The van der Waals surface area contributed by atoms with Gasteiger partial charge in [-0.25, -0.2) is 0 Å². The third-order valence-electron chi connectivity index (χ3n) is 2.91. The summed E-state index contributed by atoms with van der Waals surface area (Å²) in [4.78, 5) is 0. The first kappa shape index (κ1) is 14.2. The standard InChI is InChI=1S/C15H15BrClNO/c1-10(12-5-3-4-6-15(12)19-2)18-11-7-8-13(16)14(17)9-11/h3-10,18H,1-2H3. The molecule has 0 radical (unpaired) electrons. The zero-order valence-electron chi connectivity index (χ0n) is 10.8. The van der Waals surface area contributed by atoms with Crippen molar-refractivity contribution in [2.75, 3.05) is 12.4 Å². The summed E-state index contributed by atoms with van der Waals surface area (Å²) >= 11 is 9.47. The Balaban J connectivity index is 2.20. The fraction of sp³-hybridized carbons (Fsp3) is 0.200. The minimum Gasteiger partial charge on any atom is -0.496 e. The summed E-state index contributed by atoms with van der Waals surface area (Å²) in [5, 5.41) is 4.11. The molecule has 0 heterocycles. The molecular weight excluding hydrogens is 326 g/mol. The molecule has 2 aromatic carbocycles. The van der Waals surface area contributed by atoms with Gasteiger partial charge in [0.1, 0.15) is 5.75 Å². The van der Waals surface area contributed by atoms with Gasteiger partial charge < -0.3 is 10.1 Å². The Morgan fingerprint density at radius 1 is 1.21 bits per heavy atom. The highest BCUT2D eigenvalue weighted by Gasteiger charge is 2.11. The van der Waals surface area contributed by atoms with Crippen molar-refractivity contribution in [1.82, 2.24) is 0 Å². The molecule has 19 heavy (non-hydrogen) atoms. The van der Waals surface area contributed by atoms with E-state index in [0.29, 0.717) is 5.02 Å². The molecule has 0 saturated heterocycles. The first-order valence-electron chi connectivity index (χ1n) is 5.96. The number of ether oxygens (including phenoxy) is 1. The van der Waals surface area contributed by atoms with Crippen LogP contribution in [0.5, 0.6) is 5.75 Å². The first-order valence-corrected chi connectivity index (χ1v) is 7.13. The van der Waals surface area contributed by atoms with Gasteiger partial charge in [-0.15, -0.1) is 0 Å². The fourth-order valence-electron chi connectivity index (χ4n) is 1.94. The highest BCUT2D eigenvalue weighted by Crippen LogP contribution is 2.30. The average molecular weight is 341 g/mol. The zero-order valence-corrected chi connectivity index (χ0v) is 13.1. The molecule has 0 aromatic heterocycles. The van der Waals surface area contributed by atoms with Crippen molar-refractivity contribution in [3.63, 3.8) is 0 Å². The van der Waals surface area contributed by atoms with Crippen LogP contribution in [-0.4, -0.2) is 7.11 Å². The summed E-state index contributed by atoms with van der Waals surface area (Å²) in [7, 11) is 1.68. The molecule has 4 heteroatoms. The lowest BCUT2D eigenvalue weighted by atomic mass is 10.1. The van der Waals surface area contributed by atoms with Crippen molar-refractivity contribution in [3.05, 3.63) is 57.5 Å². The Morgan fingerprint density at radius 3 is 2.63 bits per heavy atom. The average Bonchev–Trinajstić information content (AvgIpc) is 2.43. The van der Waals surface area contributed by atoms with E-state index in [-0.39, 0.29) is 6.04 Å². The van der Waals surface area contributed by atoms with Crippen molar-refractivity contribution < 1.29 is 4.74 Å². The van der Waals surface area contributed by atoms with Crippen LogP contribution in [0.2, 0.25) is 5.02 Å². The maximum atomic E-state index is 6.09. The smallest absolute Gasteiger partial charge is 0.124 e. The van der Waals surface area contributed by atoms with E-state index >= 15 is 0 Å². The van der Waals surface area contributed by atoms with Gasteiger partial charge >= 0.3 is 0 Å². The lowest BCUT2D eigenvalue weighted by molar-refractivity contribution is 0.408. The first-order chi connectivity index (χ1) is 9.11. The second kappa shape index (κ2) is 6.31. The number of nitrogens with one attached hydrogen (secondary N) is 1. The summed E-state index contributed by atoms with van der Waals surface area (Å²) in [6.07, 6.45) is 0. The number of methoxy groups -OCH3 is 1. The molecule has 2 nitrogen and oxygen atoms in total. The molecule has 0 amide bonds. The topological polar surface area (TPSA) is 21.3 Å². The minimum absolute atomic E-state index is 0.133. The third-order valence-corrected chi connectivity index (χ3v) is 4.14. The van der Waals surface area contributed by atoms with E-state index in [1.165, 1.54) is 0 Å². The second-order valence-electron chi connectivity index (χ2n) is 4.24. The molecule has 0 spiro atoms. The van der Waals surface area contributed by atoms with E-state index in [2.05, 4.69) is 34.2 Å². The van der Waals surface area contributed by atoms with E-state index in [0.717, 1.165) is 21.5 Å². The number of hydrogen-bond acceptors (Lipinski definition) is 2. The van der Waals surface area contributed by atoms with E-state index in [9.17, 15) is 0 Å². The predicted octanol–water partition coefficient (Wildman–Crippen LogP) is 5.28. The van der Waals surface area contributed by atoms with Gasteiger partial charge in [0.25, 0.3) is 0 Å². The Hall–Kier alpha value is -1.19. The maximum Gasteiger partial charge on any atom is 0.124 e. The molecule has 1 unspecified atom stereocenters. The van der Waals surface area contributed by atoms with Gasteiger partial charge in [-0.05, 0) is 47.1 Å². The van der Waals surface area contributed by atoms with Crippen molar-refractivity contribution in [2.45, 2.75) is 13.0 Å². The molecule has 0 saturated carbocycles. The SMILES string of the molecule is COc1ccccc1C(C)Nc1ccc(Br)c(Cl)c1. The highest BCUT2D eigenvalue weighted by atomic mass is 79.9. The quantitative estimate of drug-likeness (QED) is 0.817. The van der Waals surface area contributed by atoms with Crippen LogP contribution in [0.1, 0.15) is 18.5 Å². The fourth-order valence-corrected chi connectivity index (χ4v) is 2.36. The van der Waals surface area contributed by atoms with E-state index in [1.807, 2.05) is 36.4 Å². The van der Waals surface area contributed by atoms with Crippen LogP contribution in [0, 0.1) is 0 Å². The molecule has 0 bridgehead atoms. The molecule has 0 aliphatic rings. The summed E-state index contributed by atoms with van der Waals surface area (Å²) in [5.41, 5.74) is 2.09. The summed E-state index contributed by atoms with van der Waals surface area (Å²) in [6, 6.07) is 13.9. The van der Waals surface area contributed by atoms with Crippen LogP contribution in [0.15, 0.2) is 46.9 Å². The summed E-state index contributed by atoms with van der Waals surface area (Å²) < 4.78 is 6.27. The monoisotopic (exact) mass is 339 g/mol. The van der Waals surface area contributed by atoms with Gasteiger partial charge in [0, 0.05) is 15.7 Å². The van der Waals surface area contributed by atoms with Gasteiger partial charge in [0.15, 0.2) is 0 Å². The van der Waals surface area contributed by atoms with Crippen LogP contribution >= 0.6 is 27.5 Å². The lowest BCUT2D eigenvalue weighted by Crippen LogP contribution is -2.08.